The van der Waals surface area contributed by atoms with Crippen LogP contribution in [-0.4, -0.2) is 45.4 Å². The monoisotopic (exact) mass is 534 g/mol. The molecule has 4 rings (SSSR count). The quantitative estimate of drug-likeness (QED) is 0.260. The Morgan fingerprint density at radius 3 is 2.21 bits per heavy atom. The van der Waals surface area contributed by atoms with Crippen molar-refractivity contribution in [1.82, 2.24) is 14.9 Å². The van der Waals surface area contributed by atoms with Gasteiger partial charge in [-0.1, -0.05) is 30.3 Å². The van der Waals surface area contributed by atoms with Gasteiger partial charge >= 0.3 is 5.97 Å². The first kappa shape index (κ1) is 27.7. The van der Waals surface area contributed by atoms with Gasteiger partial charge < -0.3 is 15.6 Å². The van der Waals surface area contributed by atoms with Crippen LogP contribution in [0.15, 0.2) is 42.5 Å². The Balaban J connectivity index is 1.81. The number of aromatic nitrogens is 2. The predicted octanol–water partition coefficient (Wildman–Crippen LogP) is 5.11. The summed E-state index contributed by atoms with van der Waals surface area (Å²) in [6.45, 7) is 2.43. The van der Waals surface area contributed by atoms with Crippen LogP contribution in [0.2, 0.25) is 0 Å². The van der Waals surface area contributed by atoms with Crippen LogP contribution in [0.4, 0.5) is 23.5 Å². The van der Waals surface area contributed by atoms with E-state index in [9.17, 15) is 27.5 Å². The lowest BCUT2D eigenvalue weighted by Gasteiger charge is -2.32. The third-order valence-corrected chi connectivity index (χ3v) is 7.00. The Morgan fingerprint density at radius 2 is 1.66 bits per heavy atom. The van der Waals surface area contributed by atoms with Crippen LogP contribution in [0.25, 0.3) is 10.9 Å². The maximum absolute atomic E-state index is 13.3. The van der Waals surface area contributed by atoms with Crippen LogP contribution in [0.1, 0.15) is 61.2 Å². The Bertz CT molecular complexity index is 1250. The molecule has 0 amide bonds. The third kappa shape index (κ3) is 5.73. The lowest BCUT2D eigenvalue weighted by atomic mass is 9.72. The Labute approximate surface area is 217 Å². The van der Waals surface area contributed by atoms with E-state index >= 15 is 0 Å². The van der Waals surface area contributed by atoms with Gasteiger partial charge in [0.2, 0.25) is 18.8 Å². The smallest absolute Gasteiger partial charge is 0.316 e. The number of fused-ring (bicyclic) bond motifs is 2. The van der Waals surface area contributed by atoms with Gasteiger partial charge in [0.05, 0.1) is 23.2 Å². The number of anilines is 1. The van der Waals surface area contributed by atoms with Gasteiger partial charge in [-0.3, -0.25) is 9.69 Å². The van der Waals surface area contributed by atoms with E-state index < -0.39 is 56.1 Å². The van der Waals surface area contributed by atoms with Gasteiger partial charge in [-0.05, 0) is 48.6 Å². The van der Waals surface area contributed by atoms with Crippen molar-refractivity contribution in [2.24, 2.45) is 0 Å². The molecule has 0 aliphatic carbocycles. The van der Waals surface area contributed by atoms with Gasteiger partial charge in [-0.15, -0.1) is 0 Å². The number of carbonyl (C=O) groups is 1. The van der Waals surface area contributed by atoms with Crippen molar-refractivity contribution in [2.75, 3.05) is 12.3 Å². The molecule has 11 heteroatoms. The van der Waals surface area contributed by atoms with E-state index in [1.54, 1.807) is 11.8 Å². The number of aliphatic hydroxyl groups is 1. The number of carbonyl (C=O) groups excluding carboxylic acids is 1. The molecule has 1 aliphatic rings. The molecule has 0 fully saturated rings. The van der Waals surface area contributed by atoms with E-state index in [2.05, 4.69) is 9.97 Å². The van der Waals surface area contributed by atoms with Crippen molar-refractivity contribution in [3.63, 3.8) is 0 Å². The molecular formula is C27H30F4N4O3. The maximum atomic E-state index is 13.3. The van der Waals surface area contributed by atoms with E-state index in [0.717, 1.165) is 11.1 Å². The van der Waals surface area contributed by atoms with Crippen molar-refractivity contribution in [2.45, 2.75) is 70.2 Å². The molecule has 0 radical (unpaired) electrons. The number of halogens is 4. The SMILES string of the molecule is CCOC(=O)C(CCC(F)F)(CCC(F)F)c1ccc2nc(N)nc(C(O)N3Cc4ccccc4C3)c2c1. The molecule has 0 saturated heterocycles. The second-order valence-corrected chi connectivity index (χ2v) is 9.41. The lowest BCUT2D eigenvalue weighted by molar-refractivity contribution is -0.151. The zero-order valence-corrected chi connectivity index (χ0v) is 20.9. The van der Waals surface area contributed by atoms with E-state index in [-0.39, 0.29) is 23.8 Å². The predicted molar refractivity (Wildman–Crippen MR) is 133 cm³/mol. The van der Waals surface area contributed by atoms with E-state index in [4.69, 9.17) is 10.5 Å². The Morgan fingerprint density at radius 1 is 1.05 bits per heavy atom. The summed E-state index contributed by atoms with van der Waals surface area (Å²) in [5, 5.41) is 11.7. The fourth-order valence-corrected chi connectivity index (χ4v) is 5.09. The average molecular weight is 535 g/mol. The Hall–Kier alpha value is -3.31. The number of rotatable bonds is 11. The minimum atomic E-state index is -2.74. The van der Waals surface area contributed by atoms with Gasteiger partial charge in [0.25, 0.3) is 0 Å². The molecular weight excluding hydrogens is 504 g/mol. The second kappa shape index (κ2) is 11.6. The molecule has 3 aromatic rings. The van der Waals surface area contributed by atoms with Gasteiger partial charge in [-0.2, -0.15) is 0 Å². The van der Waals surface area contributed by atoms with Gasteiger partial charge in [-0.25, -0.2) is 27.5 Å². The maximum Gasteiger partial charge on any atom is 0.316 e. The van der Waals surface area contributed by atoms with Gasteiger partial charge in [0, 0.05) is 31.3 Å². The second-order valence-electron chi connectivity index (χ2n) is 9.41. The fourth-order valence-electron chi connectivity index (χ4n) is 5.09. The van der Waals surface area contributed by atoms with Crippen LogP contribution in [-0.2, 0) is 28.0 Å². The number of aliphatic hydroxyl groups excluding tert-OH is 1. The molecule has 38 heavy (non-hydrogen) atoms. The minimum Gasteiger partial charge on any atom is -0.465 e. The largest absolute Gasteiger partial charge is 0.465 e. The zero-order valence-electron chi connectivity index (χ0n) is 20.9. The molecule has 1 unspecified atom stereocenters. The zero-order chi connectivity index (χ0) is 27.4. The molecule has 3 N–H and O–H groups in total. The average Bonchev–Trinajstić information content (AvgIpc) is 3.32. The van der Waals surface area contributed by atoms with Crippen molar-refractivity contribution < 1.29 is 32.2 Å². The van der Waals surface area contributed by atoms with Crippen LogP contribution in [0, 0.1) is 0 Å². The summed E-state index contributed by atoms with van der Waals surface area (Å²) >= 11 is 0. The number of hydrogen-bond donors (Lipinski definition) is 2. The highest BCUT2D eigenvalue weighted by Gasteiger charge is 2.43. The Kier molecular flexibility index (Phi) is 8.47. The summed E-state index contributed by atoms with van der Waals surface area (Å²) in [5.41, 5.74) is 7.03. The molecule has 204 valence electrons. The van der Waals surface area contributed by atoms with Crippen molar-refractivity contribution in [1.29, 1.82) is 0 Å². The van der Waals surface area contributed by atoms with Crippen LogP contribution in [0.5, 0.6) is 0 Å². The summed E-state index contributed by atoms with van der Waals surface area (Å²) < 4.78 is 58.5. The summed E-state index contributed by atoms with van der Waals surface area (Å²) in [4.78, 5) is 23.5. The van der Waals surface area contributed by atoms with Crippen LogP contribution >= 0.6 is 0 Å². The fraction of sp³-hybridized carbons (Fsp3) is 0.444. The lowest BCUT2D eigenvalue weighted by Crippen LogP contribution is -2.39. The van der Waals surface area contributed by atoms with E-state index in [1.807, 2.05) is 24.3 Å². The minimum absolute atomic E-state index is 0.0450. The van der Waals surface area contributed by atoms with Crippen molar-refractivity contribution >= 4 is 22.8 Å². The van der Waals surface area contributed by atoms with Crippen molar-refractivity contribution in [3.8, 4) is 0 Å². The number of benzene rings is 2. The highest BCUT2D eigenvalue weighted by molar-refractivity contribution is 5.88. The molecule has 2 aromatic carbocycles. The standard InChI is InChI=1S/C27H30F4N4O3/c1-2-38-25(37)27(11-9-21(28)29,12-10-22(30)31)18-7-8-20-19(13-18)23(34-26(32)33-20)24(36)35-14-16-5-3-4-6-17(16)15-35/h3-8,13,21-22,24,36H,2,9-12,14-15H2,1H3,(H2,32,33,34). The molecule has 0 spiro atoms. The number of nitrogens with zero attached hydrogens (tertiary/aromatic N) is 3. The summed E-state index contributed by atoms with van der Waals surface area (Å²) in [6, 6.07) is 12.3. The number of nitrogens with two attached hydrogens (primary N) is 1. The molecule has 2 heterocycles. The highest BCUT2D eigenvalue weighted by atomic mass is 19.3. The summed E-state index contributed by atoms with van der Waals surface area (Å²) in [6.07, 6.45) is -8.83. The summed E-state index contributed by atoms with van der Waals surface area (Å²) in [5.74, 6) is -0.933. The highest BCUT2D eigenvalue weighted by Crippen LogP contribution is 2.40. The summed E-state index contributed by atoms with van der Waals surface area (Å²) in [7, 11) is 0. The number of esters is 1. The van der Waals surface area contributed by atoms with Gasteiger partial charge in [0.1, 0.15) is 0 Å². The van der Waals surface area contributed by atoms with E-state index in [1.165, 1.54) is 18.2 Å². The van der Waals surface area contributed by atoms with E-state index in [0.29, 0.717) is 24.0 Å². The molecule has 7 nitrogen and oxygen atoms in total. The van der Waals surface area contributed by atoms with Crippen molar-refractivity contribution in [3.05, 3.63) is 64.8 Å². The molecule has 0 saturated carbocycles. The first-order valence-electron chi connectivity index (χ1n) is 12.4. The topological polar surface area (TPSA) is 102 Å². The normalized spacial score (nSPS) is 14.8. The first-order chi connectivity index (χ1) is 18.1. The van der Waals surface area contributed by atoms with Crippen LogP contribution in [0.3, 0.4) is 0 Å². The van der Waals surface area contributed by atoms with Crippen LogP contribution < -0.4 is 5.73 Å². The number of alkyl halides is 4. The molecule has 1 atom stereocenters. The number of hydrogen-bond acceptors (Lipinski definition) is 7. The third-order valence-electron chi connectivity index (χ3n) is 7.00. The number of nitrogen functional groups attached to an aromatic ring is 1. The first-order valence-corrected chi connectivity index (χ1v) is 12.4. The molecule has 0 bridgehead atoms. The van der Waals surface area contributed by atoms with Gasteiger partial charge in [0.15, 0.2) is 6.23 Å². The molecule has 1 aromatic heterocycles. The molecule has 1 aliphatic heterocycles. The number of ether oxygens (including phenoxy) is 1.